The molecule has 3 aromatic rings. The minimum atomic E-state index is -0.235. The molecular formula is C18H17NO3. The van der Waals surface area contributed by atoms with Crippen LogP contribution in [0.5, 0.6) is 5.75 Å². The number of benzene rings is 2. The largest absolute Gasteiger partial charge is 0.493 e. The molecule has 4 nitrogen and oxygen atoms in total. The van der Waals surface area contributed by atoms with Gasteiger partial charge in [0.2, 0.25) is 0 Å². The number of amides is 1. The van der Waals surface area contributed by atoms with Crippen molar-refractivity contribution in [2.24, 2.45) is 0 Å². The molecule has 0 fully saturated rings. The number of carbonyl (C=O) groups excluding carboxylic acids is 1. The van der Waals surface area contributed by atoms with E-state index >= 15 is 0 Å². The molecule has 0 atom stereocenters. The number of hydrogen-bond donors (Lipinski definition) is 1. The first-order chi connectivity index (χ1) is 10.7. The second-order valence-corrected chi connectivity index (χ2v) is 5.10. The summed E-state index contributed by atoms with van der Waals surface area (Å²) in [7, 11) is 1.58. The Hall–Kier alpha value is -2.75. The van der Waals surface area contributed by atoms with Crippen LogP contribution in [0.15, 0.2) is 52.9 Å². The van der Waals surface area contributed by atoms with Crippen LogP contribution in [-0.4, -0.2) is 13.0 Å². The molecule has 0 bridgehead atoms. The number of nitrogens with one attached hydrogen (secondary N) is 1. The number of aryl methyl sites for hydroxylation is 1. The lowest BCUT2D eigenvalue weighted by atomic mass is 10.1. The van der Waals surface area contributed by atoms with E-state index in [1.165, 1.54) is 0 Å². The van der Waals surface area contributed by atoms with Crippen LogP contribution in [-0.2, 0) is 6.54 Å². The van der Waals surface area contributed by atoms with Crippen molar-refractivity contribution < 1.29 is 13.9 Å². The highest BCUT2D eigenvalue weighted by molar-refractivity contribution is 5.97. The van der Waals surface area contributed by atoms with Crippen LogP contribution >= 0.6 is 0 Å². The van der Waals surface area contributed by atoms with E-state index in [1.807, 2.05) is 43.3 Å². The molecule has 0 aliphatic heterocycles. The molecule has 0 unspecified atom stereocenters. The average molecular weight is 295 g/mol. The van der Waals surface area contributed by atoms with E-state index in [4.69, 9.17) is 9.15 Å². The van der Waals surface area contributed by atoms with Gasteiger partial charge in [0.1, 0.15) is 0 Å². The quantitative estimate of drug-likeness (QED) is 0.799. The second kappa shape index (κ2) is 5.93. The Kier molecular flexibility index (Phi) is 3.83. The number of para-hydroxylation sites is 1. The van der Waals surface area contributed by atoms with Crippen LogP contribution < -0.4 is 10.1 Å². The van der Waals surface area contributed by atoms with E-state index in [0.29, 0.717) is 17.9 Å². The Balaban J connectivity index is 1.79. The lowest BCUT2D eigenvalue weighted by Gasteiger charge is -2.06. The lowest BCUT2D eigenvalue weighted by Crippen LogP contribution is -2.22. The zero-order valence-electron chi connectivity index (χ0n) is 12.6. The van der Waals surface area contributed by atoms with Crippen molar-refractivity contribution in [1.82, 2.24) is 5.32 Å². The molecular weight excluding hydrogens is 278 g/mol. The van der Waals surface area contributed by atoms with Crippen molar-refractivity contribution in [1.29, 1.82) is 0 Å². The number of rotatable bonds is 4. The Bertz CT molecular complexity index is 820. The van der Waals surface area contributed by atoms with Gasteiger partial charge < -0.3 is 14.5 Å². The molecule has 1 aromatic heterocycles. The van der Waals surface area contributed by atoms with Crippen LogP contribution in [0.2, 0.25) is 0 Å². The predicted octanol–water partition coefficient (Wildman–Crippen LogP) is 3.68. The van der Waals surface area contributed by atoms with Crippen molar-refractivity contribution in [2.75, 3.05) is 7.11 Å². The van der Waals surface area contributed by atoms with Gasteiger partial charge in [-0.25, -0.2) is 0 Å². The topological polar surface area (TPSA) is 51.5 Å². The van der Waals surface area contributed by atoms with Crippen LogP contribution in [0, 0.1) is 6.92 Å². The summed E-state index contributed by atoms with van der Waals surface area (Å²) in [6.07, 6.45) is 0. The SMILES string of the molecule is COc1cccc2cc(C(=O)NCc3ccccc3C)oc12. The molecule has 22 heavy (non-hydrogen) atoms. The molecule has 112 valence electrons. The van der Waals surface area contributed by atoms with Gasteiger partial charge in [0, 0.05) is 11.9 Å². The summed E-state index contributed by atoms with van der Waals surface area (Å²) in [6, 6.07) is 15.2. The maximum atomic E-state index is 12.3. The summed E-state index contributed by atoms with van der Waals surface area (Å²) in [5, 5.41) is 3.73. The molecule has 2 aromatic carbocycles. The van der Waals surface area contributed by atoms with E-state index in [2.05, 4.69) is 5.32 Å². The summed E-state index contributed by atoms with van der Waals surface area (Å²) < 4.78 is 10.9. The van der Waals surface area contributed by atoms with Gasteiger partial charge in [0.05, 0.1) is 7.11 Å². The van der Waals surface area contributed by atoms with Gasteiger partial charge in [-0.15, -0.1) is 0 Å². The number of fused-ring (bicyclic) bond motifs is 1. The number of methoxy groups -OCH3 is 1. The van der Waals surface area contributed by atoms with E-state index in [9.17, 15) is 4.79 Å². The molecule has 0 saturated heterocycles. The Morgan fingerprint density at radius 2 is 2.00 bits per heavy atom. The highest BCUT2D eigenvalue weighted by Crippen LogP contribution is 2.28. The van der Waals surface area contributed by atoms with Crippen molar-refractivity contribution in [2.45, 2.75) is 13.5 Å². The molecule has 4 heteroatoms. The monoisotopic (exact) mass is 295 g/mol. The van der Waals surface area contributed by atoms with E-state index in [-0.39, 0.29) is 11.7 Å². The maximum absolute atomic E-state index is 12.3. The van der Waals surface area contributed by atoms with Crippen molar-refractivity contribution >= 4 is 16.9 Å². The van der Waals surface area contributed by atoms with Gasteiger partial charge in [-0.1, -0.05) is 36.4 Å². The summed E-state index contributed by atoms with van der Waals surface area (Å²) in [6.45, 7) is 2.49. The zero-order valence-corrected chi connectivity index (χ0v) is 12.6. The fourth-order valence-corrected chi connectivity index (χ4v) is 2.38. The van der Waals surface area contributed by atoms with Gasteiger partial charge in [0.15, 0.2) is 17.1 Å². The third-order valence-electron chi connectivity index (χ3n) is 3.65. The Morgan fingerprint density at radius 3 is 2.77 bits per heavy atom. The van der Waals surface area contributed by atoms with Crippen LogP contribution in [0.4, 0.5) is 0 Å². The number of carbonyl (C=O) groups is 1. The van der Waals surface area contributed by atoms with E-state index < -0.39 is 0 Å². The zero-order chi connectivity index (χ0) is 15.5. The Labute approximate surface area is 128 Å². The number of hydrogen-bond acceptors (Lipinski definition) is 3. The molecule has 3 rings (SSSR count). The molecule has 0 spiro atoms. The summed E-state index contributed by atoms with van der Waals surface area (Å²) >= 11 is 0. The van der Waals surface area contributed by atoms with Gasteiger partial charge >= 0.3 is 0 Å². The molecule has 0 aliphatic carbocycles. The third-order valence-corrected chi connectivity index (χ3v) is 3.65. The van der Waals surface area contributed by atoms with E-state index in [1.54, 1.807) is 19.2 Å². The van der Waals surface area contributed by atoms with Crippen molar-refractivity contribution in [3.8, 4) is 5.75 Å². The van der Waals surface area contributed by atoms with Gasteiger partial charge in [-0.3, -0.25) is 4.79 Å². The first-order valence-electron chi connectivity index (χ1n) is 7.08. The minimum absolute atomic E-state index is 0.235. The van der Waals surface area contributed by atoms with E-state index in [0.717, 1.165) is 16.5 Å². The molecule has 0 radical (unpaired) electrons. The van der Waals surface area contributed by atoms with Gasteiger partial charge in [-0.2, -0.15) is 0 Å². The molecule has 1 N–H and O–H groups in total. The summed E-state index contributed by atoms with van der Waals surface area (Å²) in [5.41, 5.74) is 2.82. The van der Waals surface area contributed by atoms with Gasteiger partial charge in [-0.05, 0) is 30.2 Å². The number of ether oxygens (including phenoxy) is 1. The molecule has 1 amide bonds. The van der Waals surface area contributed by atoms with Crippen LogP contribution in [0.25, 0.3) is 11.0 Å². The van der Waals surface area contributed by atoms with Crippen molar-refractivity contribution in [3.05, 3.63) is 65.4 Å². The summed E-state index contributed by atoms with van der Waals surface area (Å²) in [4.78, 5) is 12.3. The smallest absolute Gasteiger partial charge is 0.287 e. The Morgan fingerprint density at radius 1 is 1.18 bits per heavy atom. The average Bonchev–Trinajstić information content (AvgIpc) is 2.98. The van der Waals surface area contributed by atoms with Crippen LogP contribution in [0.3, 0.4) is 0 Å². The standard InChI is InChI=1S/C18H17NO3/c1-12-6-3-4-7-14(12)11-19-18(20)16-10-13-8-5-9-15(21-2)17(13)22-16/h3-10H,11H2,1-2H3,(H,19,20). The first-order valence-corrected chi connectivity index (χ1v) is 7.08. The normalized spacial score (nSPS) is 10.6. The lowest BCUT2D eigenvalue weighted by molar-refractivity contribution is 0.0925. The third kappa shape index (κ3) is 2.68. The minimum Gasteiger partial charge on any atom is -0.493 e. The second-order valence-electron chi connectivity index (χ2n) is 5.10. The summed E-state index contributed by atoms with van der Waals surface area (Å²) in [5.74, 6) is 0.671. The maximum Gasteiger partial charge on any atom is 0.287 e. The highest BCUT2D eigenvalue weighted by Gasteiger charge is 2.14. The first kappa shape index (κ1) is 14.2. The predicted molar refractivity (Wildman–Crippen MR) is 85.1 cm³/mol. The van der Waals surface area contributed by atoms with Crippen LogP contribution in [0.1, 0.15) is 21.7 Å². The molecule has 0 saturated carbocycles. The van der Waals surface area contributed by atoms with Gasteiger partial charge in [0.25, 0.3) is 5.91 Å². The highest BCUT2D eigenvalue weighted by atomic mass is 16.5. The molecule has 0 aliphatic rings. The fraction of sp³-hybridized carbons (Fsp3) is 0.167. The van der Waals surface area contributed by atoms with Crippen molar-refractivity contribution in [3.63, 3.8) is 0 Å². The molecule has 1 heterocycles. The number of furan rings is 1. The fourth-order valence-electron chi connectivity index (χ4n) is 2.38.